The first-order chi connectivity index (χ1) is 21.9. The van der Waals surface area contributed by atoms with Crippen molar-refractivity contribution in [2.45, 2.75) is 71.3 Å². The number of carbonyl (C=O) groups is 3. The Bertz CT molecular complexity index is 1920. The van der Waals surface area contributed by atoms with E-state index in [1.165, 1.54) is 21.3 Å². The number of allylic oxidation sites excluding steroid dienone is 2. The molecule has 0 spiro atoms. The predicted molar refractivity (Wildman–Crippen MR) is 173 cm³/mol. The highest BCUT2D eigenvalue weighted by atomic mass is 16.5. The summed E-state index contributed by atoms with van der Waals surface area (Å²) in [5, 5.41) is 11.6. The van der Waals surface area contributed by atoms with E-state index in [1.54, 1.807) is 13.0 Å². The summed E-state index contributed by atoms with van der Waals surface area (Å²) in [5.41, 5.74) is 8.90. The number of H-pyrrole nitrogens is 2. The molecule has 3 aromatic rings. The molecule has 0 aromatic carbocycles. The zero-order chi connectivity index (χ0) is 33.3. The van der Waals surface area contributed by atoms with Crippen LogP contribution < -0.4 is 0 Å². The normalized spacial score (nSPS) is 17.6. The van der Waals surface area contributed by atoms with E-state index in [1.807, 2.05) is 45.0 Å². The van der Waals surface area contributed by atoms with Crippen LogP contribution in [0, 0.1) is 13.8 Å². The fraction of sp³-hybridized carbons (Fsp3) is 0.400. The Morgan fingerprint density at radius 3 is 2.15 bits per heavy atom. The molecule has 46 heavy (non-hydrogen) atoms. The minimum absolute atomic E-state index is 0.0865. The van der Waals surface area contributed by atoms with Crippen LogP contribution in [-0.2, 0) is 40.4 Å². The zero-order valence-electron chi connectivity index (χ0n) is 27.3. The number of ether oxygens (including phenoxy) is 3. The summed E-state index contributed by atoms with van der Waals surface area (Å²) in [4.78, 5) is 53.7. The first-order valence-electron chi connectivity index (χ1n) is 15.2. The number of aromatic nitrogens is 4. The van der Waals surface area contributed by atoms with E-state index in [0.717, 1.165) is 50.1 Å². The molecule has 0 aliphatic carbocycles. The van der Waals surface area contributed by atoms with E-state index >= 15 is 0 Å². The Morgan fingerprint density at radius 1 is 0.804 bits per heavy atom. The van der Waals surface area contributed by atoms with E-state index in [0.29, 0.717) is 35.4 Å². The second-order valence-electron chi connectivity index (χ2n) is 12.1. The molecule has 0 radical (unpaired) electrons. The van der Waals surface area contributed by atoms with Gasteiger partial charge < -0.3 is 29.3 Å². The number of aliphatic hydroxyl groups excluding tert-OH is 1. The number of aliphatic hydroxyl groups is 1. The quantitative estimate of drug-likeness (QED) is 0.217. The summed E-state index contributed by atoms with van der Waals surface area (Å²) in [6, 6.07) is 9.54. The van der Waals surface area contributed by atoms with Gasteiger partial charge in [-0.05, 0) is 91.8 Å². The van der Waals surface area contributed by atoms with Crippen LogP contribution in [0.15, 0.2) is 30.3 Å². The molecule has 11 heteroatoms. The SMILES string of the molecule is COC(=O)CCC1=C(C)c2cc3cc(C)c(cc4nc(cc5[nH]c(cc1n2)c(CCC(=O)OC)c5C)[C@](C)(CC(=O)OC)[C@H]4O)[nH]3. The number of aryl methyl sites for hydroxylation is 3. The minimum Gasteiger partial charge on any atom is -0.469 e. The highest BCUT2D eigenvalue weighted by Gasteiger charge is 2.44. The van der Waals surface area contributed by atoms with Crippen molar-refractivity contribution in [3.8, 4) is 0 Å². The minimum atomic E-state index is -1.08. The molecule has 3 aromatic heterocycles. The van der Waals surface area contributed by atoms with Gasteiger partial charge in [-0.2, -0.15) is 0 Å². The maximum absolute atomic E-state index is 12.6. The van der Waals surface area contributed by atoms with Gasteiger partial charge in [0.2, 0.25) is 0 Å². The van der Waals surface area contributed by atoms with Crippen molar-refractivity contribution < 1.29 is 33.7 Å². The lowest BCUT2D eigenvalue weighted by atomic mass is 9.78. The first kappa shape index (κ1) is 32.6. The van der Waals surface area contributed by atoms with Crippen molar-refractivity contribution in [1.29, 1.82) is 0 Å². The Morgan fingerprint density at radius 2 is 1.48 bits per heavy atom. The number of rotatable bonds is 8. The van der Waals surface area contributed by atoms with Crippen molar-refractivity contribution in [3.05, 3.63) is 69.8 Å². The van der Waals surface area contributed by atoms with Crippen LogP contribution in [0.3, 0.4) is 0 Å². The highest BCUT2D eigenvalue weighted by molar-refractivity contribution is 5.93. The van der Waals surface area contributed by atoms with Gasteiger partial charge in [0.05, 0.1) is 55.9 Å². The van der Waals surface area contributed by atoms with Crippen molar-refractivity contribution in [2.24, 2.45) is 0 Å². The van der Waals surface area contributed by atoms with Crippen molar-refractivity contribution in [1.82, 2.24) is 19.9 Å². The molecule has 0 saturated heterocycles. The van der Waals surface area contributed by atoms with E-state index in [4.69, 9.17) is 24.2 Å². The van der Waals surface area contributed by atoms with E-state index < -0.39 is 17.5 Å². The monoisotopic (exact) mass is 628 g/mol. The van der Waals surface area contributed by atoms with Crippen LogP contribution in [-0.4, -0.2) is 64.3 Å². The molecule has 0 fully saturated rings. The number of nitrogens with one attached hydrogen (secondary N) is 2. The largest absolute Gasteiger partial charge is 0.469 e. The first-order valence-corrected chi connectivity index (χ1v) is 15.2. The van der Waals surface area contributed by atoms with Gasteiger partial charge in [-0.25, -0.2) is 4.98 Å². The number of methoxy groups -OCH3 is 3. The van der Waals surface area contributed by atoms with Crippen LogP contribution in [0.2, 0.25) is 0 Å². The highest BCUT2D eigenvalue weighted by Crippen LogP contribution is 2.44. The molecule has 3 N–H and O–H groups in total. The van der Waals surface area contributed by atoms with Crippen LogP contribution in [0.1, 0.15) is 85.1 Å². The van der Waals surface area contributed by atoms with E-state index in [2.05, 4.69) is 9.97 Å². The molecule has 11 nitrogen and oxygen atoms in total. The summed E-state index contributed by atoms with van der Waals surface area (Å²) in [6.07, 6.45) is 0.0241. The number of aromatic amines is 2. The van der Waals surface area contributed by atoms with Gasteiger partial charge in [0.1, 0.15) is 6.10 Å². The van der Waals surface area contributed by atoms with Crippen molar-refractivity contribution >= 4 is 51.1 Å². The van der Waals surface area contributed by atoms with E-state index in [9.17, 15) is 19.5 Å². The van der Waals surface area contributed by atoms with Crippen LogP contribution in [0.5, 0.6) is 0 Å². The number of hydrogen-bond acceptors (Lipinski definition) is 9. The number of esters is 3. The molecule has 5 rings (SSSR count). The van der Waals surface area contributed by atoms with Gasteiger partial charge >= 0.3 is 17.9 Å². The standard InChI is InChI=1S/C35H40N4O7/c1-18-12-21-13-25-19(2)22(8-10-31(40)44-5)27(37-25)15-28-23(9-11-32(41)45-6)20(3)26(38-28)16-30-35(4,17-33(42)46-7)34(43)29(39-30)14-24(18)36-21/h12-16,34,36,38,43H,8-11,17H2,1-7H3/t34-,35-/m0/s1. The van der Waals surface area contributed by atoms with Crippen LogP contribution >= 0.6 is 0 Å². The summed E-state index contributed by atoms with van der Waals surface area (Å²) >= 11 is 0. The summed E-state index contributed by atoms with van der Waals surface area (Å²) in [7, 11) is 4.05. The summed E-state index contributed by atoms with van der Waals surface area (Å²) in [6.45, 7) is 7.70. The Kier molecular flexibility index (Phi) is 9.16. The zero-order valence-corrected chi connectivity index (χ0v) is 27.3. The number of hydrogen-bond donors (Lipinski definition) is 3. The Balaban J connectivity index is 1.86. The molecule has 5 heterocycles. The third-order valence-corrected chi connectivity index (χ3v) is 9.13. The molecule has 242 valence electrons. The van der Waals surface area contributed by atoms with Gasteiger partial charge in [0.15, 0.2) is 0 Å². The lowest BCUT2D eigenvalue weighted by Gasteiger charge is -2.26. The summed E-state index contributed by atoms with van der Waals surface area (Å²) < 4.78 is 14.8. The van der Waals surface area contributed by atoms with Crippen LogP contribution in [0.25, 0.3) is 33.2 Å². The van der Waals surface area contributed by atoms with Gasteiger partial charge in [-0.3, -0.25) is 19.4 Å². The van der Waals surface area contributed by atoms with Gasteiger partial charge in [-0.15, -0.1) is 0 Å². The van der Waals surface area contributed by atoms with Crippen molar-refractivity contribution in [3.63, 3.8) is 0 Å². The number of carbonyl (C=O) groups excluding carboxylic acids is 3. The fourth-order valence-electron chi connectivity index (χ4n) is 6.19. The molecular weight excluding hydrogens is 588 g/mol. The lowest BCUT2D eigenvalue weighted by Crippen LogP contribution is -2.30. The summed E-state index contributed by atoms with van der Waals surface area (Å²) in [5.74, 6) is -1.11. The molecule has 0 amide bonds. The predicted octanol–water partition coefficient (Wildman–Crippen LogP) is 5.48. The molecule has 2 aliphatic rings. The molecular formula is C35H40N4O7. The number of fused-ring (bicyclic) bond motifs is 8. The smallest absolute Gasteiger partial charge is 0.306 e. The second-order valence-corrected chi connectivity index (χ2v) is 12.1. The molecule has 0 saturated carbocycles. The average Bonchev–Trinajstić information content (AvgIpc) is 3.69. The average molecular weight is 629 g/mol. The van der Waals surface area contributed by atoms with E-state index in [-0.39, 0.29) is 31.2 Å². The Hall–Kier alpha value is -4.77. The second kappa shape index (κ2) is 12.9. The van der Waals surface area contributed by atoms with Crippen molar-refractivity contribution in [2.75, 3.05) is 21.3 Å². The maximum Gasteiger partial charge on any atom is 0.306 e. The third-order valence-electron chi connectivity index (χ3n) is 9.13. The van der Waals surface area contributed by atoms with Gasteiger partial charge in [-0.1, -0.05) is 6.92 Å². The molecule has 0 unspecified atom stereocenters. The van der Waals surface area contributed by atoms with Crippen LogP contribution in [0.4, 0.5) is 0 Å². The molecule has 2 aliphatic heterocycles. The van der Waals surface area contributed by atoms with Gasteiger partial charge in [0, 0.05) is 34.9 Å². The maximum atomic E-state index is 12.6. The third kappa shape index (κ3) is 6.19. The number of nitrogens with zero attached hydrogens (tertiary/aromatic N) is 2. The lowest BCUT2D eigenvalue weighted by molar-refractivity contribution is -0.143. The molecule has 2 atom stereocenters. The fourth-order valence-corrected chi connectivity index (χ4v) is 6.19. The topological polar surface area (TPSA) is 156 Å². The van der Waals surface area contributed by atoms with Gasteiger partial charge in [0.25, 0.3) is 0 Å². The molecule has 8 bridgehead atoms. The Labute approximate surface area is 267 Å².